The van der Waals surface area contributed by atoms with E-state index in [1.807, 2.05) is 45.9 Å². The Labute approximate surface area is 654 Å². The second kappa shape index (κ2) is 34.9. The second-order valence-corrected chi connectivity index (χ2v) is 28.4. The highest BCUT2D eigenvalue weighted by Gasteiger charge is 2.29. The quantitative estimate of drug-likeness (QED) is 0.0247. The van der Waals surface area contributed by atoms with Crippen LogP contribution in [0.25, 0.3) is 44.8 Å². The normalized spacial score (nSPS) is 15.0. The predicted octanol–water partition coefficient (Wildman–Crippen LogP) is 20.4. The number of phenols is 3. The van der Waals surface area contributed by atoms with Crippen molar-refractivity contribution < 1.29 is 49.8 Å². The summed E-state index contributed by atoms with van der Waals surface area (Å²) in [5.41, 5.74) is 24.6. The number of hydrogen-bond acceptors (Lipinski definition) is 15. The van der Waals surface area contributed by atoms with Gasteiger partial charge in [0.15, 0.2) is 22.9 Å². The van der Waals surface area contributed by atoms with Crippen molar-refractivity contribution in [3.63, 3.8) is 0 Å². The van der Waals surface area contributed by atoms with Gasteiger partial charge in [0, 0.05) is 22.4 Å². The standard InChI is InChI=1S/2C29H28N4O4.C15H18N2O.C14H13NO3.CH4.ClH/c2*1-4-18-8-9-19-10-11-22(15-23(18)19)33-28(35)26(17(3)32-33)31-30-25-13-16(2)12-24(27(25)34)20-6-5-7-21(14-20)29(36)37;1-3-11-4-5-12-6-7-13(9-14(11)12)17-15(18)8-10(2)16-17;1-8-5-11(13(16)12(15)6-8)9-3-2-4-10(7-9)14(17)18;;/h2*5-7,10-15,18,32,34H,4,8-9H2,1-3H3,(H,36,37);6-7,9,11H,3-5,8H2,1-2H3;2-7,16H,15H2,1H3,(H,17,18);1H4;1H. The van der Waals surface area contributed by atoms with Gasteiger partial charge in [0.05, 0.1) is 57.2 Å². The van der Waals surface area contributed by atoms with Crippen molar-refractivity contribution >= 4 is 76.1 Å². The number of hydrogen-bond donors (Lipinski definition) is 9. The van der Waals surface area contributed by atoms with Crippen LogP contribution in [0, 0.1) is 34.6 Å². The lowest BCUT2D eigenvalue weighted by Crippen LogP contribution is -2.19. The summed E-state index contributed by atoms with van der Waals surface area (Å²) >= 11 is 0. The monoisotopic (exact) mass is 1530 g/mol. The number of nitrogens with two attached hydrogens (primary N) is 1. The maximum absolute atomic E-state index is 13.3. The van der Waals surface area contributed by atoms with Crippen LogP contribution in [0.4, 0.5) is 34.1 Å². The molecule has 3 unspecified atom stereocenters. The number of carboxylic acids is 3. The summed E-state index contributed by atoms with van der Waals surface area (Å²) in [7, 11) is 0. The minimum atomic E-state index is -1.05. The zero-order valence-electron chi connectivity index (χ0n) is 63.1. The number of nitrogen functional groups attached to an aromatic ring is 1. The van der Waals surface area contributed by atoms with Gasteiger partial charge >= 0.3 is 17.9 Å². The van der Waals surface area contributed by atoms with Crippen LogP contribution < -0.4 is 21.9 Å². The van der Waals surface area contributed by atoms with E-state index < -0.39 is 17.9 Å². The lowest BCUT2D eigenvalue weighted by molar-refractivity contribution is -0.116. The smallest absolute Gasteiger partial charge is 0.335 e. The van der Waals surface area contributed by atoms with Gasteiger partial charge in [-0.25, -0.2) is 28.8 Å². The van der Waals surface area contributed by atoms with E-state index in [0.29, 0.717) is 68.9 Å². The molecule has 112 heavy (non-hydrogen) atoms. The van der Waals surface area contributed by atoms with Gasteiger partial charge in [-0.05, 0) is 293 Å². The van der Waals surface area contributed by atoms with Gasteiger partial charge < -0.3 is 36.4 Å². The van der Waals surface area contributed by atoms with Crippen LogP contribution in [0.5, 0.6) is 17.2 Å². The number of fused-ring (bicyclic) bond motifs is 3. The number of aryl methyl sites for hydroxylation is 8. The summed E-state index contributed by atoms with van der Waals surface area (Å²) < 4.78 is 2.96. The third kappa shape index (κ3) is 17.4. The average Bonchev–Trinajstić information content (AvgIpc) is 1.74. The molecule has 0 radical (unpaired) electrons. The lowest BCUT2D eigenvalue weighted by Gasteiger charge is -2.15. The van der Waals surface area contributed by atoms with Crippen molar-refractivity contribution in [3.8, 4) is 62.0 Å². The number of hydrazone groups is 1. The topological polar surface area (TPSA) is 356 Å². The number of aromatic carboxylic acids is 3. The van der Waals surface area contributed by atoms with Gasteiger partial charge in [-0.1, -0.05) is 82.8 Å². The highest BCUT2D eigenvalue weighted by atomic mass is 35.5. The van der Waals surface area contributed by atoms with Crippen molar-refractivity contribution in [2.75, 3.05) is 10.7 Å². The second-order valence-electron chi connectivity index (χ2n) is 28.4. The molecule has 2 aromatic heterocycles. The summed E-state index contributed by atoms with van der Waals surface area (Å²) in [6.07, 6.45) is 10.6. The molecule has 3 atom stereocenters. The van der Waals surface area contributed by atoms with E-state index in [4.69, 9.17) is 10.8 Å². The number of nitrogens with zero attached hydrogens (tertiary/aromatic N) is 8. The molecule has 0 saturated carbocycles. The number of carbonyl (C=O) groups is 4. The van der Waals surface area contributed by atoms with E-state index >= 15 is 0 Å². The van der Waals surface area contributed by atoms with Gasteiger partial charge in [-0.3, -0.25) is 24.6 Å². The van der Waals surface area contributed by atoms with Crippen LogP contribution in [0.15, 0.2) is 199 Å². The molecule has 1 amide bonds. The van der Waals surface area contributed by atoms with Gasteiger partial charge in [0.2, 0.25) is 0 Å². The molecule has 15 rings (SSSR count). The van der Waals surface area contributed by atoms with E-state index in [0.717, 1.165) is 78.0 Å². The minimum absolute atomic E-state index is 0. The zero-order chi connectivity index (χ0) is 78.5. The van der Waals surface area contributed by atoms with E-state index in [-0.39, 0.29) is 99.2 Å². The molecule has 0 fully saturated rings. The number of anilines is 2. The highest BCUT2D eigenvalue weighted by molar-refractivity contribution is 6.12. The van der Waals surface area contributed by atoms with Crippen LogP contribution in [0.1, 0.15) is 190 Å². The summed E-state index contributed by atoms with van der Waals surface area (Å²) in [6.45, 7) is 17.6. The number of aromatic nitrogens is 4. The maximum atomic E-state index is 13.3. The highest BCUT2D eigenvalue weighted by Crippen LogP contribution is 2.44. The number of aromatic hydroxyl groups is 3. The van der Waals surface area contributed by atoms with Crippen molar-refractivity contribution in [3.05, 3.63) is 263 Å². The summed E-state index contributed by atoms with van der Waals surface area (Å²) in [6, 6.07) is 47.9. The third-order valence-electron chi connectivity index (χ3n) is 20.8. The summed E-state index contributed by atoms with van der Waals surface area (Å²) in [5.74, 6) is -1.67. The van der Waals surface area contributed by atoms with Crippen LogP contribution in [-0.2, 0) is 24.1 Å². The number of benzene rings is 9. The zero-order valence-corrected chi connectivity index (χ0v) is 63.9. The van der Waals surface area contributed by atoms with E-state index in [1.54, 1.807) is 91.7 Å². The number of halogens is 1. The maximum Gasteiger partial charge on any atom is 0.335 e. The van der Waals surface area contributed by atoms with E-state index in [2.05, 4.69) is 92.9 Å². The fraction of sp³-hybridized carbons (Fsp3) is 0.261. The number of phenolic OH excluding ortho intramolecular Hbond substituents is 3. The first-order valence-electron chi connectivity index (χ1n) is 36.7. The average molecular weight is 1530 g/mol. The fourth-order valence-electron chi connectivity index (χ4n) is 14.9. The Morgan fingerprint density at radius 2 is 0.812 bits per heavy atom. The van der Waals surface area contributed by atoms with Gasteiger partial charge in [-0.15, -0.1) is 32.9 Å². The number of azo groups is 2. The Bertz CT molecular complexity index is 5450. The molecule has 23 nitrogen and oxygen atoms in total. The van der Waals surface area contributed by atoms with Crippen molar-refractivity contribution in [1.82, 2.24) is 19.6 Å². The van der Waals surface area contributed by atoms with Crippen LogP contribution in [0.3, 0.4) is 0 Å². The van der Waals surface area contributed by atoms with E-state index in [9.17, 15) is 54.3 Å². The van der Waals surface area contributed by atoms with Crippen LogP contribution in [-0.4, -0.2) is 79.7 Å². The number of carbonyl (C=O) groups excluding carboxylic acids is 1. The molecule has 24 heteroatoms. The Kier molecular flexibility index (Phi) is 25.4. The molecule has 3 heterocycles. The molecule has 11 aromatic rings. The first kappa shape index (κ1) is 81.8. The first-order chi connectivity index (χ1) is 52.7. The molecule has 578 valence electrons. The Morgan fingerprint density at radius 1 is 0.464 bits per heavy atom. The largest absolute Gasteiger partial charge is 0.505 e. The number of aromatic amines is 2. The SMILES string of the molecule is C.CCC1CCc2ccc(-n3[nH]c(C)c(N=Nc4cc(C)cc(-c5cccc(C(=O)O)c5)c4O)c3=O)cc21.CCC1CCc2ccc(-n3[nH]c(C)c(N=Nc4cc(C)cc(-c5cccc(C(=O)O)c5)c4O)c3=O)cc21.CCC1CCc2ccc(N3N=C(C)CC3=O)cc21.Cc1cc(N)c(O)c(-c2cccc(C(=O)O)c2)c1.Cl. The number of rotatable bonds is 16. The fourth-order valence-corrected chi connectivity index (χ4v) is 14.9. The van der Waals surface area contributed by atoms with Gasteiger partial charge in [0.1, 0.15) is 17.1 Å². The number of H-pyrrole nitrogens is 2. The molecule has 1 aliphatic heterocycles. The molecule has 4 aliphatic rings. The Balaban J connectivity index is 0.000000166. The number of carboxylic acid groups (broad SMARTS) is 3. The molecular formula is C88H92ClN11O12. The minimum Gasteiger partial charge on any atom is -0.505 e. The van der Waals surface area contributed by atoms with Crippen molar-refractivity contribution in [2.24, 2.45) is 25.6 Å². The number of amides is 1. The van der Waals surface area contributed by atoms with Gasteiger partial charge in [-0.2, -0.15) is 5.10 Å². The molecular weight excluding hydrogens is 1440 g/mol. The molecule has 0 spiro atoms. The van der Waals surface area contributed by atoms with Crippen LogP contribution in [0.2, 0.25) is 0 Å². The molecule has 3 aliphatic carbocycles. The van der Waals surface area contributed by atoms with Crippen LogP contribution >= 0.6 is 12.4 Å². The molecule has 0 saturated heterocycles. The molecule has 9 aromatic carbocycles. The van der Waals surface area contributed by atoms with Crippen molar-refractivity contribution in [1.29, 1.82) is 0 Å². The third-order valence-corrected chi connectivity index (χ3v) is 20.8. The van der Waals surface area contributed by atoms with Gasteiger partial charge in [0.25, 0.3) is 17.0 Å². The first-order valence-corrected chi connectivity index (χ1v) is 36.7. The Morgan fingerprint density at radius 3 is 1.16 bits per heavy atom. The summed E-state index contributed by atoms with van der Waals surface area (Å²) in [4.78, 5) is 72.1. The lowest BCUT2D eigenvalue weighted by atomic mass is 9.98. The van der Waals surface area contributed by atoms with Crippen molar-refractivity contribution in [2.45, 2.75) is 152 Å². The van der Waals surface area contributed by atoms with E-state index in [1.165, 1.54) is 98.4 Å². The Hall–Kier alpha value is -12.8. The number of nitrogens with one attached hydrogen (secondary N) is 2. The molecule has 0 bridgehead atoms. The predicted molar refractivity (Wildman–Crippen MR) is 440 cm³/mol. The molecule has 10 N–H and O–H groups in total. The summed E-state index contributed by atoms with van der Waals surface area (Å²) in [5, 5.41) is 88.3.